The van der Waals surface area contributed by atoms with E-state index in [0.29, 0.717) is 5.82 Å². The first-order chi connectivity index (χ1) is 33.2. The highest BCUT2D eigenvalue weighted by molar-refractivity contribution is 6.20. The molecule has 1 aromatic heterocycles. The Kier molecular flexibility index (Phi) is 8.23. The van der Waals surface area contributed by atoms with Crippen molar-refractivity contribution in [2.24, 2.45) is 0 Å². The maximum atomic E-state index is 5.54. The summed E-state index contributed by atoms with van der Waals surface area (Å²) >= 11 is 0. The van der Waals surface area contributed by atoms with Crippen LogP contribution in [0.2, 0.25) is 0 Å². The predicted octanol–water partition coefficient (Wildman–Crippen LogP) is 16.6. The SMILES string of the molecule is c1ccc(-c2ccc(-c3cc(-c4cccc5c4-c4ccccc4C54c5ccccc5-c5ccccc54)nc(-c4ccc(-c5c6ccccc6cc6c5ccc5ccccc56)cc4)n3)cc2)cc1. The van der Waals surface area contributed by atoms with Crippen LogP contribution in [0.1, 0.15) is 22.3 Å². The second-order valence-electron chi connectivity index (χ2n) is 18.0. The number of aromatic nitrogens is 2. The van der Waals surface area contributed by atoms with Gasteiger partial charge in [0.25, 0.3) is 0 Å². The van der Waals surface area contributed by atoms with Crippen LogP contribution in [0.5, 0.6) is 0 Å². The smallest absolute Gasteiger partial charge is 0.160 e. The first-order valence-electron chi connectivity index (χ1n) is 23.1. The van der Waals surface area contributed by atoms with Crippen molar-refractivity contribution < 1.29 is 0 Å². The molecule has 11 aromatic carbocycles. The van der Waals surface area contributed by atoms with E-state index < -0.39 is 5.41 Å². The third-order valence-corrected chi connectivity index (χ3v) is 14.5. The number of hydrogen-bond acceptors (Lipinski definition) is 2. The summed E-state index contributed by atoms with van der Waals surface area (Å²) in [7, 11) is 0. The van der Waals surface area contributed by atoms with Crippen molar-refractivity contribution in [1.82, 2.24) is 9.97 Å². The predicted molar refractivity (Wildman–Crippen MR) is 278 cm³/mol. The molecule has 310 valence electrons. The lowest BCUT2D eigenvalue weighted by molar-refractivity contribution is 0.794. The lowest BCUT2D eigenvalue weighted by atomic mass is 9.70. The van der Waals surface area contributed by atoms with Gasteiger partial charge in [0, 0.05) is 16.7 Å². The molecule has 0 unspecified atom stereocenters. The minimum atomic E-state index is -0.449. The van der Waals surface area contributed by atoms with Crippen molar-refractivity contribution in [3.63, 3.8) is 0 Å². The lowest BCUT2D eigenvalue weighted by Crippen LogP contribution is -2.25. The largest absolute Gasteiger partial charge is 0.228 e. The number of rotatable bonds is 5. The van der Waals surface area contributed by atoms with Gasteiger partial charge in [-0.25, -0.2) is 9.97 Å². The van der Waals surface area contributed by atoms with Crippen LogP contribution in [0, 0.1) is 0 Å². The zero-order valence-electron chi connectivity index (χ0n) is 36.5. The Bertz CT molecular complexity index is 3910. The van der Waals surface area contributed by atoms with Crippen LogP contribution in [-0.2, 0) is 5.41 Å². The van der Waals surface area contributed by atoms with Gasteiger partial charge >= 0.3 is 0 Å². The van der Waals surface area contributed by atoms with Gasteiger partial charge in [0.1, 0.15) is 0 Å². The van der Waals surface area contributed by atoms with Crippen molar-refractivity contribution in [1.29, 1.82) is 0 Å². The highest BCUT2D eigenvalue weighted by Crippen LogP contribution is 2.64. The van der Waals surface area contributed by atoms with Crippen molar-refractivity contribution in [3.8, 4) is 78.4 Å². The first kappa shape index (κ1) is 37.6. The molecule has 1 heterocycles. The lowest BCUT2D eigenvalue weighted by Gasteiger charge is -2.30. The molecule has 12 aromatic rings. The quantitative estimate of drug-likeness (QED) is 0.127. The molecule has 2 heteroatoms. The summed E-state index contributed by atoms with van der Waals surface area (Å²) < 4.78 is 0. The maximum absolute atomic E-state index is 5.54. The topological polar surface area (TPSA) is 25.8 Å². The van der Waals surface area contributed by atoms with E-state index in [1.54, 1.807) is 0 Å². The van der Waals surface area contributed by atoms with Crippen molar-refractivity contribution in [2.75, 3.05) is 0 Å². The van der Waals surface area contributed by atoms with E-state index in [9.17, 15) is 0 Å². The third kappa shape index (κ3) is 5.57. The van der Waals surface area contributed by atoms with Gasteiger partial charge in [0.15, 0.2) is 5.82 Å². The van der Waals surface area contributed by atoms with Crippen LogP contribution in [-0.4, -0.2) is 9.97 Å². The Balaban J connectivity index is 0.968. The highest BCUT2D eigenvalue weighted by Gasteiger charge is 2.52. The molecule has 0 bridgehead atoms. The summed E-state index contributed by atoms with van der Waals surface area (Å²) in [6, 6.07) is 88.6. The van der Waals surface area contributed by atoms with E-state index in [1.807, 2.05) is 0 Å². The van der Waals surface area contributed by atoms with Crippen LogP contribution in [0.4, 0.5) is 0 Å². The molecule has 1 spiro atoms. The van der Waals surface area contributed by atoms with Gasteiger partial charge in [-0.2, -0.15) is 0 Å². The van der Waals surface area contributed by atoms with Gasteiger partial charge in [0.2, 0.25) is 0 Å². The maximum Gasteiger partial charge on any atom is 0.160 e. The van der Waals surface area contributed by atoms with Gasteiger partial charge in [-0.05, 0) is 111 Å². The Morgan fingerprint density at radius 3 is 1.52 bits per heavy atom. The van der Waals surface area contributed by atoms with E-state index in [0.717, 1.165) is 33.6 Å². The van der Waals surface area contributed by atoms with Crippen LogP contribution in [0.25, 0.3) is 111 Å². The normalized spacial score (nSPS) is 12.9. The standard InChI is InChI=1S/C65H40N2/c1-2-15-41(16-3-1)42-29-31-44(32-30-42)60-40-61(54-24-14-28-59-63(54)53-23-10-13-27-58(53)65(59)56-25-11-8-21-50(56)51-22-9-12-26-57(51)65)67-64(66-60)46-35-33-45(34-36-46)62-49-20-7-5-18-47(49)39-55-48-19-6-4-17-43(48)37-38-52(55)62/h1-40H. The summed E-state index contributed by atoms with van der Waals surface area (Å²) in [6.45, 7) is 0. The van der Waals surface area contributed by atoms with Gasteiger partial charge in [-0.3, -0.25) is 0 Å². The second-order valence-corrected chi connectivity index (χ2v) is 18.0. The molecule has 2 nitrogen and oxygen atoms in total. The van der Waals surface area contributed by atoms with Gasteiger partial charge in [-0.1, -0.05) is 231 Å². The van der Waals surface area contributed by atoms with Crippen molar-refractivity contribution in [2.45, 2.75) is 5.41 Å². The average Bonchev–Trinajstić information content (AvgIpc) is 3.88. The van der Waals surface area contributed by atoms with Crippen molar-refractivity contribution in [3.05, 3.63) is 265 Å². The first-order valence-corrected chi connectivity index (χ1v) is 23.1. The van der Waals surface area contributed by atoms with Gasteiger partial charge in [-0.15, -0.1) is 0 Å². The van der Waals surface area contributed by atoms with Gasteiger partial charge < -0.3 is 0 Å². The molecule has 0 aliphatic heterocycles. The minimum absolute atomic E-state index is 0.449. The average molecular weight is 849 g/mol. The molecule has 2 aliphatic carbocycles. The highest BCUT2D eigenvalue weighted by atomic mass is 14.9. The third-order valence-electron chi connectivity index (χ3n) is 14.5. The van der Waals surface area contributed by atoms with Crippen LogP contribution >= 0.6 is 0 Å². The molecule has 0 atom stereocenters. The molecule has 14 rings (SSSR count). The molecule has 2 aliphatic rings. The fraction of sp³-hybridized carbons (Fsp3) is 0.0154. The summed E-state index contributed by atoms with van der Waals surface area (Å²) in [5.41, 5.74) is 19.5. The number of fused-ring (bicyclic) bond motifs is 14. The summed E-state index contributed by atoms with van der Waals surface area (Å²) in [5, 5.41) is 7.48. The Morgan fingerprint density at radius 1 is 0.254 bits per heavy atom. The van der Waals surface area contributed by atoms with Crippen LogP contribution in [0.15, 0.2) is 243 Å². The monoisotopic (exact) mass is 848 g/mol. The minimum Gasteiger partial charge on any atom is -0.228 e. The van der Waals surface area contributed by atoms with E-state index in [4.69, 9.17) is 9.97 Å². The van der Waals surface area contributed by atoms with Gasteiger partial charge in [0.05, 0.1) is 16.8 Å². The zero-order chi connectivity index (χ0) is 44.1. The molecule has 0 saturated heterocycles. The second kappa shape index (κ2) is 14.7. The van der Waals surface area contributed by atoms with Crippen LogP contribution < -0.4 is 0 Å². The Morgan fingerprint density at radius 2 is 0.776 bits per heavy atom. The van der Waals surface area contributed by atoms with E-state index in [2.05, 4.69) is 243 Å². The van der Waals surface area contributed by atoms with E-state index in [-0.39, 0.29) is 0 Å². The van der Waals surface area contributed by atoms with Crippen molar-refractivity contribution >= 4 is 32.3 Å². The molecule has 0 fully saturated rings. The van der Waals surface area contributed by atoms with E-state index in [1.165, 1.54) is 93.5 Å². The fourth-order valence-corrected chi connectivity index (χ4v) is 11.6. The molecule has 0 radical (unpaired) electrons. The molecule has 0 amide bonds. The summed E-state index contributed by atoms with van der Waals surface area (Å²) in [5.74, 6) is 0.690. The molecular formula is C65H40N2. The summed E-state index contributed by atoms with van der Waals surface area (Å²) in [4.78, 5) is 10.9. The number of hydrogen-bond donors (Lipinski definition) is 0. The number of nitrogens with zero attached hydrogens (tertiary/aromatic N) is 2. The van der Waals surface area contributed by atoms with E-state index >= 15 is 0 Å². The number of benzene rings is 11. The van der Waals surface area contributed by atoms with Crippen LogP contribution in [0.3, 0.4) is 0 Å². The molecule has 0 N–H and O–H groups in total. The summed E-state index contributed by atoms with van der Waals surface area (Å²) in [6.07, 6.45) is 0. The molecule has 0 saturated carbocycles. The fourth-order valence-electron chi connectivity index (χ4n) is 11.6. The zero-order valence-corrected chi connectivity index (χ0v) is 36.5. The Labute approximate surface area is 389 Å². The molecule has 67 heavy (non-hydrogen) atoms. The molecular weight excluding hydrogens is 809 g/mol. The Hall–Kier alpha value is -8.72.